The SMILES string of the molecule is COc1ccc(CO[C@H](C[C@H]2O[C@H](COCc3ccccc3)[C@@H](OCc3ccccc3)[C@H](OCc3ccccc3)[C@H]2OCc2ccccc2)[C@@H](OC(C)=O)[C@@H](OCc2ccccc2)[C@H](OCc2ccccc2)[C@@H]2COC(C)(C)O2)cc1. The molecule has 2 fully saturated rings. The molecule has 13 nitrogen and oxygen atoms in total. The lowest BCUT2D eigenvalue weighted by Crippen LogP contribution is -2.62. The standard InChI is InChI=1S/C68H76O13/c1-49(69)79-65(67(77-46-55-33-21-10-22-34-55)64(61-48-78-68(2,3)81-61)75-44-53-29-17-8-18-30-53)58(72-41-56-35-37-57(70-4)38-36-56)39-59-62(73-42-51-25-13-6-14-26-51)66(76-45-54-31-19-9-20-32-54)63(74-43-52-27-15-7-16-28-52)60(80-59)47-71-40-50-23-11-5-12-24-50/h5-38,58-67H,39-48H2,1-4H3/t58-,59-,60-,61+,62+,63-,64-,65-,66-,67+/m1/s1. The van der Waals surface area contributed by atoms with Gasteiger partial charge in [0.2, 0.25) is 0 Å². The lowest BCUT2D eigenvalue weighted by molar-refractivity contribution is -0.281. The minimum Gasteiger partial charge on any atom is -0.497 e. The van der Waals surface area contributed by atoms with Gasteiger partial charge in [-0.15, -0.1) is 0 Å². The van der Waals surface area contributed by atoms with Crippen LogP contribution in [-0.4, -0.2) is 93.1 Å². The van der Waals surface area contributed by atoms with Crippen LogP contribution in [0.3, 0.4) is 0 Å². The maximum Gasteiger partial charge on any atom is 0.303 e. The molecule has 2 heterocycles. The minimum absolute atomic E-state index is 0.101. The van der Waals surface area contributed by atoms with Crippen LogP contribution in [0.2, 0.25) is 0 Å². The van der Waals surface area contributed by atoms with E-state index in [0.717, 1.165) is 38.9 Å². The summed E-state index contributed by atoms with van der Waals surface area (Å²) < 4.78 is 82.1. The van der Waals surface area contributed by atoms with Gasteiger partial charge in [-0.3, -0.25) is 4.79 Å². The molecule has 0 spiro atoms. The van der Waals surface area contributed by atoms with E-state index in [-0.39, 0.29) is 59.3 Å². The van der Waals surface area contributed by atoms with Crippen molar-refractivity contribution in [2.45, 2.75) is 140 Å². The minimum atomic E-state index is -1.15. The summed E-state index contributed by atoms with van der Waals surface area (Å²) in [5.41, 5.74) is 6.59. The first kappa shape index (κ1) is 59.0. The Bertz CT molecular complexity index is 2860. The van der Waals surface area contributed by atoms with E-state index in [4.69, 9.17) is 56.8 Å². The molecule has 0 amide bonds. The Hall–Kier alpha value is -6.59. The predicted octanol–water partition coefficient (Wildman–Crippen LogP) is 12.0. The zero-order valence-corrected chi connectivity index (χ0v) is 46.8. The summed E-state index contributed by atoms with van der Waals surface area (Å²) in [5.74, 6) is -0.804. The van der Waals surface area contributed by atoms with Crippen molar-refractivity contribution in [1.29, 1.82) is 0 Å². The average molecular weight is 1100 g/mol. The third kappa shape index (κ3) is 18.0. The highest BCUT2D eigenvalue weighted by molar-refractivity contribution is 5.66. The molecule has 9 rings (SSSR count). The third-order valence-electron chi connectivity index (χ3n) is 14.4. The highest BCUT2D eigenvalue weighted by Crippen LogP contribution is 2.37. The van der Waals surface area contributed by atoms with Crippen LogP contribution in [0.15, 0.2) is 206 Å². The topological polar surface area (TPSA) is 128 Å². The molecule has 0 saturated carbocycles. The summed E-state index contributed by atoms with van der Waals surface area (Å²) in [6.45, 7) is 6.94. The van der Waals surface area contributed by atoms with Crippen LogP contribution < -0.4 is 4.74 Å². The zero-order chi connectivity index (χ0) is 56.1. The number of hydrogen-bond acceptors (Lipinski definition) is 13. The molecular weight excluding hydrogens is 1020 g/mol. The van der Waals surface area contributed by atoms with E-state index < -0.39 is 72.8 Å². The molecule has 7 aromatic carbocycles. The summed E-state index contributed by atoms with van der Waals surface area (Å²) in [7, 11) is 1.63. The van der Waals surface area contributed by atoms with Crippen molar-refractivity contribution >= 4 is 5.97 Å². The fourth-order valence-electron chi connectivity index (χ4n) is 10.3. The number of esters is 1. The lowest BCUT2D eigenvalue weighted by Gasteiger charge is -2.48. The molecule has 13 heteroatoms. The first-order valence-electron chi connectivity index (χ1n) is 27.9. The molecule has 2 saturated heterocycles. The number of carbonyl (C=O) groups excluding carboxylic acids is 1. The van der Waals surface area contributed by atoms with Gasteiger partial charge in [0, 0.05) is 13.3 Å². The Morgan fingerprint density at radius 1 is 0.494 bits per heavy atom. The predicted molar refractivity (Wildman–Crippen MR) is 307 cm³/mol. The first-order chi connectivity index (χ1) is 39.7. The Kier molecular flexibility index (Phi) is 22.2. The molecule has 0 radical (unpaired) electrons. The second kappa shape index (κ2) is 30.5. The third-order valence-corrected chi connectivity index (χ3v) is 14.4. The van der Waals surface area contributed by atoms with Gasteiger partial charge in [0.15, 0.2) is 11.9 Å². The van der Waals surface area contributed by atoms with Gasteiger partial charge < -0.3 is 56.8 Å². The van der Waals surface area contributed by atoms with Crippen LogP contribution in [0.1, 0.15) is 66.1 Å². The van der Waals surface area contributed by atoms with Gasteiger partial charge in [-0.05, 0) is 64.9 Å². The second-order valence-electron chi connectivity index (χ2n) is 20.9. The molecule has 2 aliphatic rings. The quantitative estimate of drug-likeness (QED) is 0.0397. The van der Waals surface area contributed by atoms with Crippen molar-refractivity contribution in [3.05, 3.63) is 245 Å². The Morgan fingerprint density at radius 3 is 1.37 bits per heavy atom. The molecule has 0 aliphatic carbocycles. The monoisotopic (exact) mass is 1100 g/mol. The highest BCUT2D eigenvalue weighted by Gasteiger charge is 2.52. The van der Waals surface area contributed by atoms with Crippen molar-refractivity contribution < 1.29 is 61.6 Å². The number of rotatable bonds is 30. The van der Waals surface area contributed by atoms with Crippen LogP contribution in [0.5, 0.6) is 5.75 Å². The highest BCUT2D eigenvalue weighted by atomic mass is 16.8. The summed E-state index contributed by atoms with van der Waals surface area (Å²) in [6.07, 6.45) is -8.33. The maximum atomic E-state index is 14.0. The van der Waals surface area contributed by atoms with Crippen LogP contribution in [0, 0.1) is 0 Å². The van der Waals surface area contributed by atoms with E-state index in [1.807, 2.05) is 220 Å². The fourth-order valence-corrected chi connectivity index (χ4v) is 10.3. The van der Waals surface area contributed by atoms with Crippen LogP contribution in [0.25, 0.3) is 0 Å². The van der Waals surface area contributed by atoms with Crippen molar-refractivity contribution in [3.63, 3.8) is 0 Å². The average Bonchev–Trinajstić information content (AvgIpc) is 4.05. The molecular formula is C68H76O13. The summed E-state index contributed by atoms with van der Waals surface area (Å²) in [5, 5.41) is 0. The Morgan fingerprint density at radius 2 is 0.914 bits per heavy atom. The van der Waals surface area contributed by atoms with Crippen molar-refractivity contribution in [3.8, 4) is 5.75 Å². The molecule has 2 aliphatic heterocycles. The molecule has 0 bridgehead atoms. The molecule has 10 atom stereocenters. The molecule has 0 N–H and O–H groups in total. The van der Waals surface area contributed by atoms with Gasteiger partial charge in [-0.1, -0.05) is 194 Å². The van der Waals surface area contributed by atoms with E-state index in [9.17, 15) is 4.79 Å². The van der Waals surface area contributed by atoms with Gasteiger partial charge >= 0.3 is 5.97 Å². The number of ether oxygens (including phenoxy) is 12. The second-order valence-corrected chi connectivity index (χ2v) is 20.9. The number of methoxy groups -OCH3 is 1. The van der Waals surface area contributed by atoms with E-state index in [1.165, 1.54) is 6.92 Å². The van der Waals surface area contributed by atoms with E-state index >= 15 is 0 Å². The van der Waals surface area contributed by atoms with Crippen LogP contribution in [-0.2, 0) is 103 Å². The molecule has 7 aromatic rings. The van der Waals surface area contributed by atoms with Crippen molar-refractivity contribution in [2.24, 2.45) is 0 Å². The van der Waals surface area contributed by atoms with E-state index in [1.54, 1.807) is 7.11 Å². The smallest absolute Gasteiger partial charge is 0.303 e. The van der Waals surface area contributed by atoms with Gasteiger partial charge in [0.25, 0.3) is 0 Å². The number of carbonyl (C=O) groups is 1. The summed E-state index contributed by atoms with van der Waals surface area (Å²) in [4.78, 5) is 14.0. The Labute approximate surface area is 477 Å². The zero-order valence-electron chi connectivity index (χ0n) is 46.8. The number of benzene rings is 7. The van der Waals surface area contributed by atoms with Crippen molar-refractivity contribution in [1.82, 2.24) is 0 Å². The van der Waals surface area contributed by atoms with Gasteiger partial charge in [0.1, 0.15) is 54.6 Å². The van der Waals surface area contributed by atoms with Crippen LogP contribution in [0.4, 0.5) is 0 Å². The first-order valence-corrected chi connectivity index (χ1v) is 27.9. The van der Waals surface area contributed by atoms with Gasteiger partial charge in [-0.25, -0.2) is 0 Å². The van der Waals surface area contributed by atoms with Crippen LogP contribution >= 0.6 is 0 Å². The molecule has 426 valence electrons. The fraction of sp³-hybridized carbons (Fsp3) is 0.368. The molecule has 0 unspecified atom stereocenters. The molecule has 0 aromatic heterocycles. The normalized spacial score (nSPS) is 21.1. The summed E-state index contributed by atoms with van der Waals surface area (Å²) >= 11 is 0. The maximum absolute atomic E-state index is 14.0. The number of hydrogen-bond donors (Lipinski definition) is 0. The van der Waals surface area contributed by atoms with E-state index in [2.05, 4.69) is 0 Å². The molecule has 81 heavy (non-hydrogen) atoms. The van der Waals surface area contributed by atoms with Gasteiger partial charge in [0.05, 0.1) is 72.7 Å². The van der Waals surface area contributed by atoms with Crippen molar-refractivity contribution in [2.75, 3.05) is 20.3 Å². The lowest BCUT2D eigenvalue weighted by atomic mass is 9.88. The van der Waals surface area contributed by atoms with E-state index in [0.29, 0.717) is 12.4 Å². The summed E-state index contributed by atoms with van der Waals surface area (Å²) in [6, 6.07) is 67.6. The largest absolute Gasteiger partial charge is 0.497 e. The van der Waals surface area contributed by atoms with Gasteiger partial charge in [-0.2, -0.15) is 0 Å². The Balaban J connectivity index is 1.16.